The van der Waals surface area contributed by atoms with Crippen molar-refractivity contribution in [2.45, 2.75) is 13.3 Å². The average Bonchev–Trinajstić information content (AvgIpc) is 3.10. The Morgan fingerprint density at radius 1 is 1.26 bits per heavy atom. The number of aromatic nitrogens is 3. The van der Waals surface area contributed by atoms with Crippen molar-refractivity contribution in [3.05, 3.63) is 46.2 Å². The van der Waals surface area contributed by atoms with Crippen LogP contribution in [0.25, 0.3) is 10.9 Å². The lowest BCUT2D eigenvalue weighted by molar-refractivity contribution is 0.0944. The number of morpholine rings is 1. The Hall–Kier alpha value is -2.58. The summed E-state index contributed by atoms with van der Waals surface area (Å²) in [4.78, 5) is 29.1. The van der Waals surface area contributed by atoms with Gasteiger partial charge in [0.1, 0.15) is 5.82 Å². The number of amides is 1. The Morgan fingerprint density at radius 3 is 2.81 bits per heavy atom. The van der Waals surface area contributed by atoms with Crippen molar-refractivity contribution in [2.75, 3.05) is 37.7 Å². The molecule has 1 saturated heterocycles. The lowest BCUT2D eigenvalue weighted by Gasteiger charge is -2.28. The van der Waals surface area contributed by atoms with E-state index in [1.54, 1.807) is 23.7 Å². The second-order valence-electron chi connectivity index (χ2n) is 6.38. The van der Waals surface area contributed by atoms with E-state index in [0.29, 0.717) is 19.8 Å². The summed E-state index contributed by atoms with van der Waals surface area (Å²) >= 11 is 1.63. The molecule has 140 valence electrons. The van der Waals surface area contributed by atoms with Gasteiger partial charge in [-0.1, -0.05) is 0 Å². The predicted molar refractivity (Wildman–Crippen MR) is 105 cm³/mol. The van der Waals surface area contributed by atoms with E-state index in [-0.39, 0.29) is 11.7 Å². The van der Waals surface area contributed by atoms with Crippen molar-refractivity contribution in [1.82, 2.24) is 20.3 Å². The monoisotopic (exact) mass is 383 g/mol. The van der Waals surface area contributed by atoms with Crippen LogP contribution < -0.4 is 10.2 Å². The van der Waals surface area contributed by atoms with Crippen LogP contribution in [0.1, 0.15) is 21.1 Å². The smallest absolute Gasteiger partial charge is 0.289 e. The van der Waals surface area contributed by atoms with Gasteiger partial charge in [0, 0.05) is 42.3 Å². The molecule has 1 aliphatic heterocycles. The third-order valence-corrected chi connectivity index (χ3v) is 5.48. The van der Waals surface area contributed by atoms with E-state index >= 15 is 0 Å². The van der Waals surface area contributed by atoms with E-state index in [0.717, 1.165) is 46.7 Å². The molecule has 0 aromatic carbocycles. The standard InChI is InChI=1S/C19H21N5O2S/c1-13-16-15(12-27-13)22-17(23-18(16)24-8-10-26-11-9-24)19(25)21-7-4-14-2-5-20-6-3-14/h2-3,5-6,12H,4,7-11H2,1H3,(H,21,25). The Balaban J connectivity index is 1.55. The third kappa shape index (κ3) is 3.91. The van der Waals surface area contributed by atoms with Crippen molar-refractivity contribution in [2.24, 2.45) is 0 Å². The van der Waals surface area contributed by atoms with E-state index in [2.05, 4.69) is 32.1 Å². The van der Waals surface area contributed by atoms with Crippen LogP contribution in [0.5, 0.6) is 0 Å². The van der Waals surface area contributed by atoms with Crippen LogP contribution in [0.2, 0.25) is 0 Å². The fraction of sp³-hybridized carbons (Fsp3) is 0.368. The number of hydrogen-bond donors (Lipinski definition) is 1. The molecule has 0 aliphatic carbocycles. The summed E-state index contributed by atoms with van der Waals surface area (Å²) < 4.78 is 5.45. The van der Waals surface area contributed by atoms with Gasteiger partial charge in [-0.2, -0.15) is 0 Å². The molecule has 0 spiro atoms. The SMILES string of the molecule is Cc1scc2nc(C(=O)NCCc3ccncc3)nc(N3CCOCC3)c12. The van der Waals surface area contributed by atoms with Crippen LogP contribution in [0.15, 0.2) is 29.9 Å². The summed E-state index contributed by atoms with van der Waals surface area (Å²) in [6.45, 7) is 5.47. The molecule has 8 heteroatoms. The van der Waals surface area contributed by atoms with Crippen LogP contribution >= 0.6 is 11.3 Å². The maximum Gasteiger partial charge on any atom is 0.289 e. The van der Waals surface area contributed by atoms with Gasteiger partial charge in [0.05, 0.1) is 24.1 Å². The van der Waals surface area contributed by atoms with Crippen LogP contribution in [0, 0.1) is 6.92 Å². The van der Waals surface area contributed by atoms with Gasteiger partial charge in [-0.15, -0.1) is 11.3 Å². The van der Waals surface area contributed by atoms with Gasteiger partial charge in [0.25, 0.3) is 5.91 Å². The second kappa shape index (κ2) is 7.98. The van der Waals surface area contributed by atoms with Gasteiger partial charge in [-0.3, -0.25) is 9.78 Å². The molecule has 1 N–H and O–H groups in total. The molecular formula is C19H21N5O2S. The number of aryl methyl sites for hydroxylation is 1. The first-order valence-electron chi connectivity index (χ1n) is 8.98. The zero-order valence-corrected chi connectivity index (χ0v) is 16.0. The number of fused-ring (bicyclic) bond motifs is 1. The van der Waals surface area contributed by atoms with Crippen molar-refractivity contribution in [3.63, 3.8) is 0 Å². The summed E-state index contributed by atoms with van der Waals surface area (Å²) in [5, 5.41) is 5.95. The minimum absolute atomic E-state index is 0.219. The fourth-order valence-electron chi connectivity index (χ4n) is 3.15. The number of nitrogens with one attached hydrogen (secondary N) is 1. The van der Waals surface area contributed by atoms with Gasteiger partial charge < -0.3 is 15.0 Å². The summed E-state index contributed by atoms with van der Waals surface area (Å²) in [6.07, 6.45) is 4.24. The number of thiophene rings is 1. The van der Waals surface area contributed by atoms with Crippen LogP contribution in [-0.4, -0.2) is 53.7 Å². The molecule has 0 radical (unpaired) electrons. The lowest BCUT2D eigenvalue weighted by Crippen LogP contribution is -2.37. The minimum Gasteiger partial charge on any atom is -0.378 e. The van der Waals surface area contributed by atoms with Crippen molar-refractivity contribution >= 4 is 34.0 Å². The highest BCUT2D eigenvalue weighted by molar-refractivity contribution is 7.11. The summed E-state index contributed by atoms with van der Waals surface area (Å²) in [7, 11) is 0. The molecule has 4 rings (SSSR count). The molecule has 7 nitrogen and oxygen atoms in total. The topological polar surface area (TPSA) is 80.2 Å². The zero-order chi connectivity index (χ0) is 18.6. The van der Waals surface area contributed by atoms with E-state index in [1.165, 1.54) is 0 Å². The van der Waals surface area contributed by atoms with Crippen LogP contribution in [-0.2, 0) is 11.2 Å². The van der Waals surface area contributed by atoms with E-state index < -0.39 is 0 Å². The third-order valence-electron chi connectivity index (χ3n) is 4.58. The fourth-order valence-corrected chi connectivity index (χ4v) is 3.92. The molecule has 1 fully saturated rings. The summed E-state index contributed by atoms with van der Waals surface area (Å²) in [5.41, 5.74) is 1.96. The van der Waals surface area contributed by atoms with E-state index in [1.807, 2.05) is 17.5 Å². The maximum atomic E-state index is 12.6. The highest BCUT2D eigenvalue weighted by Gasteiger charge is 2.21. The quantitative estimate of drug-likeness (QED) is 0.728. The molecule has 0 unspecified atom stereocenters. The molecule has 1 amide bonds. The Kier molecular flexibility index (Phi) is 5.26. The molecule has 27 heavy (non-hydrogen) atoms. The largest absolute Gasteiger partial charge is 0.378 e. The molecule has 0 bridgehead atoms. The number of nitrogens with zero attached hydrogens (tertiary/aromatic N) is 4. The van der Waals surface area contributed by atoms with Crippen LogP contribution in [0.3, 0.4) is 0 Å². The first-order valence-corrected chi connectivity index (χ1v) is 9.86. The number of ether oxygens (including phenoxy) is 1. The Bertz CT molecular complexity index is 938. The van der Waals surface area contributed by atoms with Crippen molar-refractivity contribution in [3.8, 4) is 0 Å². The summed E-state index contributed by atoms with van der Waals surface area (Å²) in [5.74, 6) is 0.808. The minimum atomic E-state index is -0.246. The maximum absolute atomic E-state index is 12.6. The number of carbonyl (C=O) groups is 1. The first kappa shape index (κ1) is 17.8. The molecule has 4 heterocycles. The number of carbonyl (C=O) groups excluding carboxylic acids is 1. The van der Waals surface area contributed by atoms with Gasteiger partial charge in [-0.05, 0) is 31.0 Å². The Labute approximate surface area is 161 Å². The number of anilines is 1. The normalized spacial score (nSPS) is 14.5. The number of pyridine rings is 1. The molecule has 3 aromatic rings. The first-order chi connectivity index (χ1) is 13.2. The van der Waals surface area contributed by atoms with E-state index in [4.69, 9.17) is 4.74 Å². The lowest BCUT2D eigenvalue weighted by atomic mass is 10.2. The molecule has 1 aliphatic rings. The summed E-state index contributed by atoms with van der Waals surface area (Å²) in [6, 6.07) is 3.89. The second-order valence-corrected chi connectivity index (χ2v) is 7.47. The van der Waals surface area contributed by atoms with Crippen molar-refractivity contribution < 1.29 is 9.53 Å². The van der Waals surface area contributed by atoms with Crippen LogP contribution in [0.4, 0.5) is 5.82 Å². The molecule has 0 atom stereocenters. The molecular weight excluding hydrogens is 362 g/mol. The van der Waals surface area contributed by atoms with Gasteiger partial charge in [0.15, 0.2) is 0 Å². The highest BCUT2D eigenvalue weighted by Crippen LogP contribution is 2.31. The van der Waals surface area contributed by atoms with Gasteiger partial charge in [0.2, 0.25) is 5.82 Å². The zero-order valence-electron chi connectivity index (χ0n) is 15.1. The van der Waals surface area contributed by atoms with Gasteiger partial charge >= 0.3 is 0 Å². The molecule has 3 aromatic heterocycles. The van der Waals surface area contributed by atoms with Crippen molar-refractivity contribution in [1.29, 1.82) is 0 Å². The van der Waals surface area contributed by atoms with Gasteiger partial charge in [-0.25, -0.2) is 9.97 Å². The molecule has 0 saturated carbocycles. The number of hydrogen-bond acceptors (Lipinski definition) is 7. The predicted octanol–water partition coefficient (Wildman–Crippen LogP) is 2.20. The highest BCUT2D eigenvalue weighted by atomic mass is 32.1. The van der Waals surface area contributed by atoms with E-state index in [9.17, 15) is 4.79 Å². The average molecular weight is 383 g/mol. The number of rotatable bonds is 5. The Morgan fingerprint density at radius 2 is 2.04 bits per heavy atom.